The van der Waals surface area contributed by atoms with Gasteiger partial charge in [0, 0.05) is 6.20 Å². The second-order valence-electron chi connectivity index (χ2n) is 2.78. The number of nitrogens with zero attached hydrogens (tertiary/aromatic N) is 1. The summed E-state index contributed by atoms with van der Waals surface area (Å²) in [5.74, 6) is -0.808. The van der Waals surface area contributed by atoms with Crippen molar-refractivity contribution in [3.63, 3.8) is 0 Å². The van der Waals surface area contributed by atoms with Gasteiger partial charge in [-0.1, -0.05) is 0 Å². The van der Waals surface area contributed by atoms with E-state index in [4.69, 9.17) is 0 Å². The van der Waals surface area contributed by atoms with E-state index in [1.807, 2.05) is 0 Å². The van der Waals surface area contributed by atoms with Gasteiger partial charge in [0.2, 0.25) is 0 Å². The highest BCUT2D eigenvalue weighted by Gasteiger charge is 2.34. The number of rotatable bonds is 2. The van der Waals surface area contributed by atoms with Gasteiger partial charge in [-0.15, -0.1) is 0 Å². The highest BCUT2D eigenvalue weighted by atomic mass is 127. The second-order valence-corrected chi connectivity index (χ2v) is 3.80. The summed E-state index contributed by atoms with van der Waals surface area (Å²) in [4.78, 5) is 14.7. The summed E-state index contributed by atoms with van der Waals surface area (Å²) in [6.07, 6.45) is -3.46. The normalized spacial score (nSPS) is 11.3. The number of ether oxygens (including phenoxy) is 1. The first-order chi connectivity index (χ1) is 7.36. The van der Waals surface area contributed by atoms with Gasteiger partial charge in [-0.05, 0) is 35.6 Å². The number of hydrogen-bond acceptors (Lipinski definition) is 3. The maximum absolute atomic E-state index is 12.5. The summed E-state index contributed by atoms with van der Waals surface area (Å²) in [6, 6.07) is 0.743. The van der Waals surface area contributed by atoms with Crippen molar-refractivity contribution in [3.8, 4) is 0 Å². The molecule has 0 aliphatic heterocycles. The first kappa shape index (κ1) is 13.2. The minimum atomic E-state index is -4.52. The van der Waals surface area contributed by atoms with Crippen LogP contribution in [0.3, 0.4) is 0 Å². The fourth-order valence-corrected chi connectivity index (χ4v) is 1.57. The highest BCUT2D eigenvalue weighted by molar-refractivity contribution is 14.1. The molecule has 3 nitrogen and oxygen atoms in total. The first-order valence-electron chi connectivity index (χ1n) is 4.26. The number of hydrogen-bond donors (Lipinski definition) is 0. The van der Waals surface area contributed by atoms with Gasteiger partial charge >= 0.3 is 12.1 Å². The molecule has 0 saturated carbocycles. The number of esters is 1. The van der Waals surface area contributed by atoms with Crippen molar-refractivity contribution in [1.82, 2.24) is 4.98 Å². The first-order valence-corrected chi connectivity index (χ1v) is 5.34. The van der Waals surface area contributed by atoms with Crippen LogP contribution in [-0.2, 0) is 10.9 Å². The fourth-order valence-electron chi connectivity index (χ4n) is 0.973. The maximum atomic E-state index is 12.5. The fraction of sp³-hybridized carbons (Fsp3) is 0.333. The smallest absolute Gasteiger partial charge is 0.418 e. The van der Waals surface area contributed by atoms with Gasteiger partial charge in [0.15, 0.2) is 0 Å². The van der Waals surface area contributed by atoms with Crippen LogP contribution in [0.4, 0.5) is 13.2 Å². The number of carbonyl (C=O) groups excluding carboxylic acids is 1. The van der Waals surface area contributed by atoms with E-state index in [-0.39, 0.29) is 15.9 Å². The standard InChI is InChI=1S/C9H7F3INO2/c1-2-16-8(15)5-3-6(9(10,11)12)7(13)14-4-5/h3-4H,2H2,1H3. The van der Waals surface area contributed by atoms with Crippen molar-refractivity contribution in [3.05, 3.63) is 27.1 Å². The Hall–Kier alpha value is -0.860. The van der Waals surface area contributed by atoms with Crippen LogP contribution in [0.15, 0.2) is 12.3 Å². The molecule has 16 heavy (non-hydrogen) atoms. The summed E-state index contributed by atoms with van der Waals surface area (Å²) in [7, 11) is 0. The average Bonchev–Trinajstić information content (AvgIpc) is 2.16. The van der Waals surface area contributed by atoms with Gasteiger partial charge in [-0.2, -0.15) is 13.2 Å². The largest absolute Gasteiger partial charge is 0.462 e. The second kappa shape index (κ2) is 4.98. The van der Waals surface area contributed by atoms with Crippen molar-refractivity contribution in [2.75, 3.05) is 6.61 Å². The molecule has 0 unspecified atom stereocenters. The van der Waals surface area contributed by atoms with Gasteiger partial charge in [0.25, 0.3) is 0 Å². The third-order valence-corrected chi connectivity index (χ3v) is 2.52. The lowest BCUT2D eigenvalue weighted by Crippen LogP contribution is -2.12. The molecular weight excluding hydrogens is 338 g/mol. The Kier molecular flexibility index (Phi) is 4.11. The Bertz CT molecular complexity index is 406. The van der Waals surface area contributed by atoms with Gasteiger partial charge in [-0.25, -0.2) is 9.78 Å². The predicted octanol–water partition coefficient (Wildman–Crippen LogP) is 2.88. The summed E-state index contributed by atoms with van der Waals surface area (Å²) in [6.45, 7) is 1.68. The van der Waals surface area contributed by atoms with E-state index in [0.717, 1.165) is 12.3 Å². The SMILES string of the molecule is CCOC(=O)c1cnc(I)c(C(F)(F)F)c1. The zero-order valence-electron chi connectivity index (χ0n) is 8.14. The minimum Gasteiger partial charge on any atom is -0.462 e. The number of pyridine rings is 1. The monoisotopic (exact) mass is 345 g/mol. The lowest BCUT2D eigenvalue weighted by Gasteiger charge is -2.09. The zero-order chi connectivity index (χ0) is 12.3. The lowest BCUT2D eigenvalue weighted by molar-refractivity contribution is -0.138. The van der Waals surface area contributed by atoms with Gasteiger partial charge in [0.05, 0.1) is 17.7 Å². The van der Waals surface area contributed by atoms with Crippen molar-refractivity contribution >= 4 is 28.6 Å². The van der Waals surface area contributed by atoms with E-state index in [1.165, 1.54) is 22.6 Å². The molecule has 0 aliphatic carbocycles. The van der Waals surface area contributed by atoms with Crippen LogP contribution in [0, 0.1) is 3.70 Å². The average molecular weight is 345 g/mol. The molecule has 0 spiro atoms. The predicted molar refractivity (Wildman–Crippen MR) is 57.9 cm³/mol. The Balaban J connectivity index is 3.13. The molecule has 1 aromatic rings. The van der Waals surface area contributed by atoms with E-state index >= 15 is 0 Å². The number of aromatic nitrogens is 1. The van der Waals surface area contributed by atoms with Crippen molar-refractivity contribution in [1.29, 1.82) is 0 Å². The summed E-state index contributed by atoms with van der Waals surface area (Å²) < 4.78 is 41.8. The molecule has 1 rings (SSSR count). The third kappa shape index (κ3) is 3.06. The van der Waals surface area contributed by atoms with Crippen LogP contribution in [0.1, 0.15) is 22.8 Å². The molecule has 0 bridgehead atoms. The Morgan fingerprint density at radius 3 is 2.69 bits per heavy atom. The maximum Gasteiger partial charge on any atom is 0.418 e. The van der Waals surface area contributed by atoms with Crippen molar-refractivity contribution < 1.29 is 22.7 Å². The molecule has 0 aromatic carbocycles. The van der Waals surface area contributed by atoms with Crippen molar-refractivity contribution in [2.24, 2.45) is 0 Å². The van der Waals surface area contributed by atoms with Crippen LogP contribution in [-0.4, -0.2) is 17.6 Å². The number of halogens is 4. The molecule has 88 valence electrons. The topological polar surface area (TPSA) is 39.2 Å². The van der Waals surface area contributed by atoms with Crippen LogP contribution in [0.5, 0.6) is 0 Å². The molecule has 0 N–H and O–H groups in total. The molecule has 0 amide bonds. The van der Waals surface area contributed by atoms with Crippen molar-refractivity contribution in [2.45, 2.75) is 13.1 Å². The summed E-state index contributed by atoms with van der Waals surface area (Å²) in [5, 5.41) is 0. The number of carbonyl (C=O) groups is 1. The Morgan fingerprint density at radius 1 is 1.56 bits per heavy atom. The van der Waals surface area contributed by atoms with E-state index in [2.05, 4.69) is 9.72 Å². The summed E-state index contributed by atoms with van der Waals surface area (Å²) in [5.41, 5.74) is -1.13. The van der Waals surface area contributed by atoms with Gasteiger partial charge in [0.1, 0.15) is 3.70 Å². The van der Waals surface area contributed by atoms with Crippen LogP contribution in [0.2, 0.25) is 0 Å². The molecular formula is C9H7F3INO2. The molecule has 0 atom stereocenters. The van der Waals surface area contributed by atoms with E-state index in [0.29, 0.717) is 0 Å². The van der Waals surface area contributed by atoms with Crippen LogP contribution < -0.4 is 0 Å². The van der Waals surface area contributed by atoms with E-state index in [1.54, 1.807) is 6.92 Å². The summed E-state index contributed by atoms with van der Waals surface area (Å²) >= 11 is 1.46. The molecule has 0 saturated heterocycles. The molecule has 1 aromatic heterocycles. The Labute approximate surface area is 103 Å². The van der Waals surface area contributed by atoms with E-state index < -0.39 is 17.7 Å². The van der Waals surface area contributed by atoms with E-state index in [9.17, 15) is 18.0 Å². The quantitative estimate of drug-likeness (QED) is 0.470. The molecule has 0 fully saturated rings. The molecule has 0 aliphatic rings. The molecule has 7 heteroatoms. The van der Waals surface area contributed by atoms with Crippen LogP contribution >= 0.6 is 22.6 Å². The number of alkyl halides is 3. The zero-order valence-corrected chi connectivity index (χ0v) is 10.3. The van der Waals surface area contributed by atoms with Gasteiger partial charge < -0.3 is 4.74 Å². The highest BCUT2D eigenvalue weighted by Crippen LogP contribution is 2.32. The minimum absolute atomic E-state index is 0.103. The molecule has 1 heterocycles. The van der Waals surface area contributed by atoms with Crippen LogP contribution in [0.25, 0.3) is 0 Å². The van der Waals surface area contributed by atoms with Gasteiger partial charge in [-0.3, -0.25) is 0 Å². The third-order valence-electron chi connectivity index (χ3n) is 1.66. The Morgan fingerprint density at radius 2 is 2.19 bits per heavy atom. The lowest BCUT2D eigenvalue weighted by atomic mass is 10.2. The molecule has 0 radical (unpaired) electrons.